The predicted octanol–water partition coefficient (Wildman–Crippen LogP) is 9.57. The van der Waals surface area contributed by atoms with E-state index >= 15 is 0 Å². The van der Waals surface area contributed by atoms with Crippen molar-refractivity contribution in [1.29, 1.82) is 0 Å². The van der Waals surface area contributed by atoms with Crippen LogP contribution < -0.4 is 3.71 Å². The van der Waals surface area contributed by atoms with Gasteiger partial charge in [0.1, 0.15) is 0 Å². The minimum absolute atomic E-state index is 0.00608. The van der Waals surface area contributed by atoms with Gasteiger partial charge >= 0.3 is 241 Å². The first-order valence-electron chi connectivity index (χ1n) is 15.2. The molecule has 216 valence electrons. The van der Waals surface area contributed by atoms with E-state index in [-0.39, 0.29) is 17.6 Å². The standard InChI is InChI=1S/C20H30NO3Si.3C4H9.Sn/c1-19(2,3)17(24-25(7)8)15-9-10-16-14(13-15)11-12-21(16)18(22)23-20(4,5)6;3*1-3-4-2;/h9-11,13,17,25H,1-8H3;3*1,3-4H2,2H3;. The fraction of sp³-hybridized carbons (Fsp3) is 0.719. The summed E-state index contributed by atoms with van der Waals surface area (Å²) in [5, 5.41) is 1.16. The molecule has 2 rings (SSSR count). The molecule has 4 nitrogen and oxygen atoms in total. The quantitative estimate of drug-likeness (QED) is 0.203. The second-order valence-electron chi connectivity index (χ2n) is 13.7. The van der Waals surface area contributed by atoms with Crippen LogP contribution in [0.1, 0.15) is 113 Å². The molecule has 1 heterocycles. The molecule has 1 unspecified atom stereocenters. The first-order valence-corrected chi connectivity index (χ1v) is 25.5. The number of benzene rings is 1. The van der Waals surface area contributed by atoms with Gasteiger partial charge in [-0.15, -0.1) is 0 Å². The summed E-state index contributed by atoms with van der Waals surface area (Å²) in [6, 6.07) is 9.08. The maximum atomic E-state index is 13.9. The molecule has 0 amide bonds. The third-order valence-electron chi connectivity index (χ3n) is 7.47. The number of aromatic nitrogens is 1. The molecule has 0 saturated heterocycles. The average Bonchev–Trinajstić information content (AvgIpc) is 3.20. The van der Waals surface area contributed by atoms with Crippen molar-refractivity contribution in [1.82, 2.24) is 4.57 Å². The maximum absolute atomic E-state index is 13.9. The summed E-state index contributed by atoms with van der Waals surface area (Å²) in [5.74, 6) is 0. The van der Waals surface area contributed by atoms with Crippen LogP contribution in [0, 0.1) is 5.41 Å². The molecule has 0 radical (unpaired) electrons. The summed E-state index contributed by atoms with van der Waals surface area (Å²) in [6.07, 6.45) is 7.21. The molecular weight excluding hydrogens is 593 g/mol. The van der Waals surface area contributed by atoms with E-state index in [2.05, 4.69) is 78.9 Å². The Morgan fingerprint density at radius 2 is 1.42 bits per heavy atom. The van der Waals surface area contributed by atoms with Crippen molar-refractivity contribution in [3.63, 3.8) is 0 Å². The molecule has 0 bridgehead atoms. The molecule has 2 aromatic rings. The Kier molecular flexibility index (Phi) is 12.5. The zero-order valence-corrected chi connectivity index (χ0v) is 30.5. The van der Waals surface area contributed by atoms with E-state index < -0.39 is 33.0 Å². The van der Waals surface area contributed by atoms with Crippen LogP contribution in [-0.2, 0) is 9.16 Å². The van der Waals surface area contributed by atoms with Gasteiger partial charge in [-0.25, -0.2) is 0 Å². The minimum atomic E-state index is -2.96. The first-order chi connectivity index (χ1) is 17.7. The van der Waals surface area contributed by atoms with Crippen LogP contribution >= 0.6 is 0 Å². The van der Waals surface area contributed by atoms with Crippen molar-refractivity contribution in [3.8, 4) is 0 Å². The second kappa shape index (κ2) is 14.2. The summed E-state index contributed by atoms with van der Waals surface area (Å²) >= 11 is -2.96. The van der Waals surface area contributed by atoms with Gasteiger partial charge in [0, 0.05) is 0 Å². The molecule has 0 spiro atoms. The molecule has 0 aliphatic heterocycles. The summed E-state index contributed by atoms with van der Waals surface area (Å²) in [6.45, 7) is 24.1. The van der Waals surface area contributed by atoms with Crippen molar-refractivity contribution in [2.75, 3.05) is 0 Å². The van der Waals surface area contributed by atoms with Crippen molar-refractivity contribution >= 4 is 48.1 Å². The van der Waals surface area contributed by atoms with Crippen LogP contribution in [0.4, 0.5) is 4.79 Å². The summed E-state index contributed by atoms with van der Waals surface area (Å²) in [7, 11) is -1.24. The Morgan fingerprint density at radius 3 is 1.84 bits per heavy atom. The molecule has 0 saturated carbocycles. The van der Waals surface area contributed by atoms with E-state index in [0.717, 1.165) is 10.9 Å². The SMILES string of the molecule is CCC[CH2][Sn]([CH2]CCC)([CH2]CCC)[c]1cc2cc(C(O[SiH](C)C)C(C)(C)C)ccc2n1C(=O)OC(C)(C)C. The second-order valence-corrected chi connectivity index (χ2v) is 29.1. The molecule has 6 heteroatoms. The van der Waals surface area contributed by atoms with Gasteiger partial charge in [0.15, 0.2) is 0 Å². The molecule has 1 atom stereocenters. The van der Waals surface area contributed by atoms with E-state index in [1.54, 1.807) is 0 Å². The number of carbonyl (C=O) groups is 1. The molecule has 0 aliphatic rings. The third kappa shape index (κ3) is 8.85. The topological polar surface area (TPSA) is 40.5 Å². The molecule has 1 aromatic carbocycles. The van der Waals surface area contributed by atoms with Gasteiger partial charge in [0.25, 0.3) is 0 Å². The third-order valence-corrected chi connectivity index (χ3v) is 23.7. The Bertz CT molecular complexity index is 1010. The van der Waals surface area contributed by atoms with Crippen LogP contribution in [0.15, 0.2) is 24.3 Å². The average molecular weight is 651 g/mol. The van der Waals surface area contributed by atoms with Crippen LogP contribution in [0.5, 0.6) is 0 Å². The van der Waals surface area contributed by atoms with Crippen LogP contribution in [-0.4, -0.2) is 43.7 Å². The van der Waals surface area contributed by atoms with Gasteiger partial charge in [-0.1, -0.05) is 0 Å². The van der Waals surface area contributed by atoms with E-state index in [1.165, 1.54) is 61.1 Å². The Hall–Kier alpha value is -0.794. The van der Waals surface area contributed by atoms with Gasteiger partial charge in [0.05, 0.1) is 0 Å². The fourth-order valence-corrected chi connectivity index (χ4v) is 23.2. The van der Waals surface area contributed by atoms with Crippen molar-refractivity contribution in [2.24, 2.45) is 5.41 Å². The Balaban J connectivity index is 2.85. The number of nitrogens with zero attached hydrogens (tertiary/aromatic N) is 1. The van der Waals surface area contributed by atoms with Gasteiger partial charge in [0.2, 0.25) is 0 Å². The van der Waals surface area contributed by atoms with Gasteiger partial charge in [-0.05, 0) is 0 Å². The van der Waals surface area contributed by atoms with Crippen molar-refractivity contribution in [2.45, 2.75) is 139 Å². The molecular formula is C32H57NO3SiSn. The summed E-state index contributed by atoms with van der Waals surface area (Å²) < 4.78 is 19.9. The number of hydrogen-bond acceptors (Lipinski definition) is 3. The van der Waals surface area contributed by atoms with Crippen molar-refractivity contribution < 1.29 is 14.0 Å². The molecule has 0 N–H and O–H groups in total. The van der Waals surface area contributed by atoms with E-state index in [9.17, 15) is 4.79 Å². The normalized spacial score (nSPS) is 13.9. The van der Waals surface area contributed by atoms with E-state index in [1.807, 2.05) is 25.3 Å². The fourth-order valence-electron chi connectivity index (χ4n) is 5.65. The first kappa shape index (κ1) is 33.4. The van der Waals surface area contributed by atoms with Gasteiger partial charge < -0.3 is 0 Å². The molecule has 0 aliphatic carbocycles. The summed E-state index contributed by atoms with van der Waals surface area (Å²) in [4.78, 5) is 13.9. The Labute approximate surface area is 239 Å². The molecule has 1 aromatic heterocycles. The molecule has 0 fully saturated rings. The van der Waals surface area contributed by atoms with E-state index in [0.29, 0.717) is 0 Å². The van der Waals surface area contributed by atoms with Crippen molar-refractivity contribution in [3.05, 3.63) is 29.8 Å². The Morgan fingerprint density at radius 1 is 0.895 bits per heavy atom. The van der Waals surface area contributed by atoms with Gasteiger partial charge in [-0.2, -0.15) is 0 Å². The number of carbonyl (C=O) groups excluding carboxylic acids is 1. The summed E-state index contributed by atoms with van der Waals surface area (Å²) in [5.41, 5.74) is 1.67. The number of ether oxygens (including phenoxy) is 1. The number of rotatable bonds is 13. The van der Waals surface area contributed by atoms with Crippen LogP contribution in [0.2, 0.25) is 26.4 Å². The zero-order chi connectivity index (χ0) is 28.7. The van der Waals surface area contributed by atoms with E-state index in [4.69, 9.17) is 9.16 Å². The number of unbranched alkanes of at least 4 members (excludes halogenated alkanes) is 3. The van der Waals surface area contributed by atoms with Crippen LogP contribution in [0.3, 0.4) is 0 Å². The monoisotopic (exact) mass is 651 g/mol. The van der Waals surface area contributed by atoms with Crippen LogP contribution in [0.25, 0.3) is 10.9 Å². The van der Waals surface area contributed by atoms with Gasteiger partial charge in [-0.3, -0.25) is 0 Å². The predicted molar refractivity (Wildman–Crippen MR) is 170 cm³/mol. The zero-order valence-electron chi connectivity index (χ0n) is 26.5. The number of hydrogen-bond donors (Lipinski definition) is 0. The molecule has 38 heavy (non-hydrogen) atoms. The number of fused-ring (bicyclic) bond motifs is 1.